The molecule has 0 bridgehead atoms. The molecule has 2 aliphatic rings. The molecule has 2 atom stereocenters. The van der Waals surface area contributed by atoms with Crippen molar-refractivity contribution in [3.63, 3.8) is 0 Å². The van der Waals surface area contributed by atoms with E-state index in [1.807, 2.05) is 36.1 Å². The monoisotopic (exact) mass is 423 g/mol. The summed E-state index contributed by atoms with van der Waals surface area (Å²) < 4.78 is 0. The van der Waals surface area contributed by atoms with Gasteiger partial charge in [-0.25, -0.2) is 4.98 Å². The SMILES string of the molecule is Cc1cccc(C(=O)N2CCC(N3C[C@H](O)C[C@H]3C(=O)NCc3cccnc3)CC2)n1. The number of nitrogens with one attached hydrogen (secondary N) is 1. The molecule has 4 heterocycles. The van der Waals surface area contributed by atoms with E-state index in [1.165, 1.54) is 0 Å². The highest BCUT2D eigenvalue weighted by Crippen LogP contribution is 2.27. The highest BCUT2D eigenvalue weighted by molar-refractivity contribution is 5.92. The minimum atomic E-state index is -0.509. The van der Waals surface area contributed by atoms with Gasteiger partial charge in [-0.1, -0.05) is 12.1 Å². The number of β-amino-alcohol motifs (C(OH)–C–C–N with tert-alkyl or cyclic N) is 1. The molecule has 0 spiro atoms. The summed E-state index contributed by atoms with van der Waals surface area (Å²) in [7, 11) is 0. The van der Waals surface area contributed by atoms with Crippen molar-refractivity contribution in [2.24, 2.45) is 0 Å². The van der Waals surface area contributed by atoms with Crippen molar-refractivity contribution < 1.29 is 14.7 Å². The van der Waals surface area contributed by atoms with Crippen molar-refractivity contribution >= 4 is 11.8 Å². The number of aryl methyl sites for hydroxylation is 1. The van der Waals surface area contributed by atoms with Gasteiger partial charge in [0, 0.05) is 50.3 Å². The van der Waals surface area contributed by atoms with Crippen LogP contribution in [0.15, 0.2) is 42.7 Å². The fraction of sp³-hybridized carbons (Fsp3) is 0.478. The first-order chi connectivity index (χ1) is 15.0. The van der Waals surface area contributed by atoms with Crippen molar-refractivity contribution in [1.82, 2.24) is 25.1 Å². The third-order valence-electron chi connectivity index (χ3n) is 6.14. The molecule has 0 aromatic carbocycles. The molecule has 2 fully saturated rings. The van der Waals surface area contributed by atoms with Gasteiger partial charge in [-0.05, 0) is 49.9 Å². The lowest BCUT2D eigenvalue weighted by Crippen LogP contribution is -2.52. The summed E-state index contributed by atoms with van der Waals surface area (Å²) in [5.41, 5.74) is 2.24. The Balaban J connectivity index is 1.34. The molecule has 2 N–H and O–H groups in total. The van der Waals surface area contributed by atoms with Crippen molar-refractivity contribution in [1.29, 1.82) is 0 Å². The second-order valence-electron chi connectivity index (χ2n) is 8.37. The van der Waals surface area contributed by atoms with Crippen LogP contribution in [-0.4, -0.2) is 74.5 Å². The fourth-order valence-electron chi connectivity index (χ4n) is 4.53. The molecule has 8 nitrogen and oxygen atoms in total. The molecule has 2 aromatic rings. The summed E-state index contributed by atoms with van der Waals surface area (Å²) in [6.07, 6.45) is 4.91. The number of pyridine rings is 2. The highest BCUT2D eigenvalue weighted by Gasteiger charge is 2.41. The Morgan fingerprint density at radius 1 is 1.19 bits per heavy atom. The first-order valence-corrected chi connectivity index (χ1v) is 10.8. The molecule has 2 aliphatic heterocycles. The quantitative estimate of drug-likeness (QED) is 0.748. The molecule has 0 unspecified atom stereocenters. The lowest BCUT2D eigenvalue weighted by atomic mass is 10.0. The van der Waals surface area contributed by atoms with Crippen LogP contribution in [0.4, 0.5) is 0 Å². The lowest BCUT2D eigenvalue weighted by Gasteiger charge is -2.38. The number of piperidine rings is 1. The maximum absolute atomic E-state index is 12.8. The average molecular weight is 424 g/mol. The van der Waals surface area contributed by atoms with Crippen LogP contribution in [0.25, 0.3) is 0 Å². The van der Waals surface area contributed by atoms with Gasteiger partial charge in [0.15, 0.2) is 0 Å². The van der Waals surface area contributed by atoms with E-state index < -0.39 is 6.10 Å². The fourth-order valence-corrected chi connectivity index (χ4v) is 4.53. The van der Waals surface area contributed by atoms with Crippen LogP contribution >= 0.6 is 0 Å². The summed E-state index contributed by atoms with van der Waals surface area (Å²) in [4.78, 5) is 38.0. The minimum absolute atomic E-state index is 0.0469. The number of nitrogens with zero attached hydrogens (tertiary/aromatic N) is 4. The third-order valence-corrected chi connectivity index (χ3v) is 6.14. The molecule has 0 aliphatic carbocycles. The predicted octanol–water partition coefficient (Wildman–Crippen LogP) is 1.14. The van der Waals surface area contributed by atoms with Gasteiger partial charge in [0.05, 0.1) is 12.1 Å². The van der Waals surface area contributed by atoms with Gasteiger partial charge in [0.25, 0.3) is 5.91 Å². The van der Waals surface area contributed by atoms with E-state index in [-0.39, 0.29) is 23.9 Å². The molecule has 0 saturated carbocycles. The third kappa shape index (κ3) is 5.08. The zero-order valence-electron chi connectivity index (χ0n) is 17.8. The van der Waals surface area contributed by atoms with Crippen LogP contribution in [0.2, 0.25) is 0 Å². The van der Waals surface area contributed by atoms with Gasteiger partial charge in [-0.2, -0.15) is 0 Å². The highest BCUT2D eigenvalue weighted by atomic mass is 16.3. The van der Waals surface area contributed by atoms with Crippen LogP contribution in [0, 0.1) is 6.92 Å². The Morgan fingerprint density at radius 3 is 2.71 bits per heavy atom. The number of hydrogen-bond acceptors (Lipinski definition) is 6. The van der Waals surface area contributed by atoms with Crippen LogP contribution in [0.5, 0.6) is 0 Å². The van der Waals surface area contributed by atoms with Crippen molar-refractivity contribution in [2.75, 3.05) is 19.6 Å². The Labute approximate surface area is 182 Å². The number of rotatable bonds is 5. The summed E-state index contributed by atoms with van der Waals surface area (Å²) in [6, 6.07) is 9.06. The Bertz CT molecular complexity index is 914. The number of carbonyl (C=O) groups is 2. The maximum Gasteiger partial charge on any atom is 0.272 e. The van der Waals surface area contributed by atoms with E-state index in [1.54, 1.807) is 18.5 Å². The van der Waals surface area contributed by atoms with E-state index in [0.29, 0.717) is 38.3 Å². The second kappa shape index (κ2) is 9.53. The first-order valence-electron chi connectivity index (χ1n) is 10.8. The zero-order valence-corrected chi connectivity index (χ0v) is 17.8. The first kappa shape index (κ1) is 21.4. The Hall–Kier alpha value is -2.84. The van der Waals surface area contributed by atoms with Gasteiger partial charge < -0.3 is 15.3 Å². The topological polar surface area (TPSA) is 98.7 Å². The molecule has 0 radical (unpaired) electrons. The van der Waals surface area contributed by atoms with Gasteiger partial charge in [-0.3, -0.25) is 19.5 Å². The van der Waals surface area contributed by atoms with Crippen LogP contribution < -0.4 is 5.32 Å². The number of hydrogen-bond donors (Lipinski definition) is 2. The summed E-state index contributed by atoms with van der Waals surface area (Å²) >= 11 is 0. The lowest BCUT2D eigenvalue weighted by molar-refractivity contribution is -0.126. The number of aliphatic hydroxyl groups excluding tert-OH is 1. The maximum atomic E-state index is 12.8. The predicted molar refractivity (Wildman–Crippen MR) is 115 cm³/mol. The minimum Gasteiger partial charge on any atom is -0.392 e. The number of likely N-dealkylation sites (tertiary alicyclic amines) is 2. The van der Waals surface area contributed by atoms with E-state index in [2.05, 4.69) is 20.2 Å². The summed E-state index contributed by atoms with van der Waals surface area (Å²) in [5, 5.41) is 13.2. The molecule has 8 heteroatoms. The number of aromatic nitrogens is 2. The van der Waals surface area contributed by atoms with Crippen molar-refractivity contribution in [3.8, 4) is 0 Å². The Kier molecular flexibility index (Phi) is 6.58. The molecule has 2 aromatic heterocycles. The largest absolute Gasteiger partial charge is 0.392 e. The average Bonchev–Trinajstić information content (AvgIpc) is 3.19. The molecule has 164 valence electrons. The molecule has 31 heavy (non-hydrogen) atoms. The molecule has 2 amide bonds. The van der Waals surface area contributed by atoms with Crippen LogP contribution in [0.3, 0.4) is 0 Å². The molecular weight excluding hydrogens is 394 g/mol. The van der Waals surface area contributed by atoms with E-state index in [9.17, 15) is 14.7 Å². The molecule has 4 rings (SSSR count). The van der Waals surface area contributed by atoms with E-state index >= 15 is 0 Å². The number of aliphatic hydroxyl groups is 1. The van der Waals surface area contributed by atoms with Gasteiger partial charge in [0.2, 0.25) is 5.91 Å². The second-order valence-corrected chi connectivity index (χ2v) is 8.37. The van der Waals surface area contributed by atoms with Crippen LogP contribution in [-0.2, 0) is 11.3 Å². The summed E-state index contributed by atoms with van der Waals surface area (Å²) in [6.45, 7) is 4.03. The smallest absolute Gasteiger partial charge is 0.272 e. The Morgan fingerprint density at radius 2 is 2.00 bits per heavy atom. The number of carbonyl (C=O) groups excluding carboxylic acids is 2. The van der Waals surface area contributed by atoms with Crippen molar-refractivity contribution in [2.45, 2.75) is 50.9 Å². The van der Waals surface area contributed by atoms with E-state index in [4.69, 9.17) is 0 Å². The van der Waals surface area contributed by atoms with Crippen molar-refractivity contribution in [3.05, 3.63) is 59.7 Å². The van der Waals surface area contributed by atoms with E-state index in [0.717, 1.165) is 24.1 Å². The molecule has 2 saturated heterocycles. The van der Waals surface area contributed by atoms with Crippen LogP contribution in [0.1, 0.15) is 41.0 Å². The van der Waals surface area contributed by atoms with Gasteiger partial charge in [0.1, 0.15) is 5.69 Å². The van der Waals surface area contributed by atoms with Gasteiger partial charge >= 0.3 is 0 Å². The molecular formula is C23H29N5O3. The standard InChI is InChI=1S/C23H29N5O3/c1-16-4-2-6-20(26-16)23(31)27-10-7-18(8-11-27)28-15-19(29)12-21(28)22(30)25-14-17-5-3-9-24-13-17/h2-6,9,13,18-19,21,29H,7-8,10-12,14-15H2,1H3,(H,25,30)/t19-,21+/m1/s1. The normalized spacial score (nSPS) is 22.5. The van der Waals surface area contributed by atoms with Gasteiger partial charge in [-0.15, -0.1) is 0 Å². The number of amides is 2. The summed E-state index contributed by atoms with van der Waals surface area (Å²) in [5.74, 6) is -0.114. The zero-order chi connectivity index (χ0) is 21.8.